The Hall–Kier alpha value is 1.49. The Balaban J connectivity index is 2.54. The van der Waals surface area contributed by atoms with Gasteiger partial charge in [-0.25, -0.2) is 12.5 Å². The molecule has 0 atom stereocenters. The lowest BCUT2D eigenvalue weighted by atomic mass is 10.7. The van der Waals surface area contributed by atoms with Crippen LogP contribution in [0.3, 0.4) is 0 Å². The Kier molecular flexibility index (Phi) is 4.78. The van der Waals surface area contributed by atoms with Crippen LogP contribution >= 0.6 is 46.5 Å². The summed E-state index contributed by atoms with van der Waals surface area (Å²) in [5.74, 6) is 0. The highest BCUT2D eigenvalue weighted by Gasteiger charge is 1.93. The molecule has 0 aromatic heterocycles. The first-order valence-electron chi connectivity index (χ1n) is 1.12. The van der Waals surface area contributed by atoms with E-state index in [2.05, 4.69) is 34.9 Å². The van der Waals surface area contributed by atoms with E-state index < -0.39 is 0 Å². The van der Waals surface area contributed by atoms with Gasteiger partial charge in [0.05, 0.1) is 0 Å². The molecule has 5 heavy (non-hydrogen) atoms. The van der Waals surface area contributed by atoms with Gasteiger partial charge in [-0.2, -0.15) is 11.6 Å². The largest absolute Gasteiger partial charge is 0.342 e. The fourth-order valence-corrected chi connectivity index (χ4v) is 0. The second-order valence-electron chi connectivity index (χ2n) is 0.528. The lowest BCUT2D eigenvalue weighted by Gasteiger charge is -1.81. The zero-order valence-electron chi connectivity index (χ0n) is 2.81. The van der Waals surface area contributed by atoms with Crippen LogP contribution < -0.4 is 0 Å². The van der Waals surface area contributed by atoms with Crippen LogP contribution in [0, 0.1) is 0 Å². The van der Waals surface area contributed by atoms with Crippen molar-refractivity contribution in [1.29, 1.82) is 0 Å². The predicted molar refractivity (Wildman–Crippen MR) is 42.3 cm³/mol. The minimum atomic E-state index is 0.465. The van der Waals surface area contributed by atoms with Crippen LogP contribution in [0.5, 0.6) is 0 Å². The van der Waals surface area contributed by atoms with Crippen LogP contribution in [0.25, 0.3) is 0 Å². The third-order valence-corrected chi connectivity index (χ3v) is 2.74. The molecule has 0 radical (unpaired) electrons. The number of hydrogen-bond acceptors (Lipinski definition) is 2. The van der Waals surface area contributed by atoms with E-state index in [0.29, 0.717) is 3.13 Å². The van der Waals surface area contributed by atoms with Gasteiger partial charge in [0, 0.05) is 0 Å². The van der Waals surface area contributed by atoms with Gasteiger partial charge in [-0.3, -0.25) is 0 Å². The van der Waals surface area contributed by atoms with E-state index in [1.165, 1.54) is 0 Å². The van der Waals surface area contributed by atoms with Crippen LogP contribution in [0.15, 0.2) is 0 Å². The van der Waals surface area contributed by atoms with Gasteiger partial charge >= 0.3 is 3.13 Å². The minimum Gasteiger partial charge on any atom is -0.202 e. The molecule has 0 aliphatic carbocycles. The van der Waals surface area contributed by atoms with Crippen LogP contribution in [0.2, 0.25) is 0 Å². The minimum absolute atomic E-state index is 0.465. The summed E-state index contributed by atoms with van der Waals surface area (Å²) in [6, 6.07) is 0. The van der Waals surface area contributed by atoms with Crippen molar-refractivity contribution >= 4 is 49.6 Å². The molecule has 0 heterocycles. The van der Waals surface area contributed by atoms with Crippen LogP contribution in [0.1, 0.15) is 0 Å². The molecule has 30 valence electrons. The van der Waals surface area contributed by atoms with E-state index in [9.17, 15) is 0 Å². The first-order chi connectivity index (χ1) is 2.27. The molecule has 0 N–H and O–H groups in total. The van der Waals surface area contributed by atoms with E-state index in [1.54, 1.807) is 11.6 Å². The van der Waals surface area contributed by atoms with E-state index in [1.807, 2.05) is 6.26 Å². The SMILES string of the molecule is CSB(S)I. The summed E-state index contributed by atoms with van der Waals surface area (Å²) >= 11 is 8.01. The summed E-state index contributed by atoms with van der Waals surface area (Å²) in [5, 5.41) is 0. The van der Waals surface area contributed by atoms with Gasteiger partial charge in [0.15, 0.2) is 0 Å². The lowest BCUT2D eigenvalue weighted by Crippen LogP contribution is -1.75. The fraction of sp³-hybridized carbons (Fsp3) is 1.00. The van der Waals surface area contributed by atoms with Crippen molar-refractivity contribution in [2.75, 3.05) is 6.26 Å². The third kappa shape index (κ3) is 5.49. The second-order valence-corrected chi connectivity index (χ2v) is 5.41. The van der Waals surface area contributed by atoms with Crippen LogP contribution in [0.4, 0.5) is 0 Å². The summed E-state index contributed by atoms with van der Waals surface area (Å²) in [4.78, 5) is 0. The van der Waals surface area contributed by atoms with Crippen molar-refractivity contribution in [3.05, 3.63) is 0 Å². The molecule has 0 aliphatic rings. The molecule has 0 unspecified atom stereocenters. The molecular weight excluding hydrogens is 214 g/mol. The van der Waals surface area contributed by atoms with Crippen molar-refractivity contribution in [2.24, 2.45) is 0 Å². The van der Waals surface area contributed by atoms with Crippen molar-refractivity contribution in [3.8, 4) is 0 Å². The van der Waals surface area contributed by atoms with Crippen molar-refractivity contribution in [2.45, 2.75) is 0 Å². The van der Waals surface area contributed by atoms with E-state index in [4.69, 9.17) is 0 Å². The molecule has 0 aromatic rings. The number of rotatable bonds is 1. The first kappa shape index (κ1) is 6.49. The average molecular weight is 218 g/mol. The molecule has 0 aromatic carbocycles. The summed E-state index contributed by atoms with van der Waals surface area (Å²) in [7, 11) is 0. The Morgan fingerprint density at radius 2 is 2.20 bits per heavy atom. The van der Waals surface area contributed by atoms with Gasteiger partial charge in [0.25, 0.3) is 0 Å². The smallest absolute Gasteiger partial charge is 0.202 e. The van der Waals surface area contributed by atoms with Gasteiger partial charge in [0.2, 0.25) is 0 Å². The Morgan fingerprint density at radius 3 is 2.20 bits per heavy atom. The normalized spacial score (nSPS) is 7.80. The quantitative estimate of drug-likeness (QED) is 0.397. The maximum atomic E-state index is 4.05. The van der Waals surface area contributed by atoms with Gasteiger partial charge in [0.1, 0.15) is 0 Å². The van der Waals surface area contributed by atoms with Crippen molar-refractivity contribution < 1.29 is 0 Å². The standard InChI is InChI=1S/CH4BIS2/c1-5-2(3)4/h4H,1H3. The number of hydrogen-bond donors (Lipinski definition) is 1. The molecule has 0 spiro atoms. The predicted octanol–water partition coefficient (Wildman–Crippen LogP) is 1.70. The highest BCUT2D eigenvalue weighted by molar-refractivity contribution is 14.1. The van der Waals surface area contributed by atoms with Crippen LogP contribution in [-0.2, 0) is 0 Å². The summed E-state index contributed by atoms with van der Waals surface area (Å²) in [6.45, 7) is 0. The molecule has 4 heteroatoms. The molecule has 0 saturated carbocycles. The summed E-state index contributed by atoms with van der Waals surface area (Å²) in [5.41, 5.74) is 0. The van der Waals surface area contributed by atoms with Gasteiger partial charge in [-0.05, 0) is 6.26 Å². The highest BCUT2D eigenvalue weighted by atomic mass is 127. The molecule has 0 bridgehead atoms. The Morgan fingerprint density at radius 1 is 2.00 bits per heavy atom. The van der Waals surface area contributed by atoms with E-state index >= 15 is 0 Å². The van der Waals surface area contributed by atoms with Crippen molar-refractivity contribution in [3.63, 3.8) is 0 Å². The second kappa shape index (κ2) is 3.68. The van der Waals surface area contributed by atoms with Crippen LogP contribution in [-0.4, -0.2) is 9.38 Å². The zero-order valence-corrected chi connectivity index (χ0v) is 6.68. The van der Waals surface area contributed by atoms with E-state index in [0.717, 1.165) is 0 Å². The monoisotopic (exact) mass is 218 g/mol. The maximum Gasteiger partial charge on any atom is 0.342 e. The Labute approximate surface area is 55.6 Å². The molecule has 0 aliphatic heterocycles. The molecule has 0 saturated heterocycles. The summed E-state index contributed by atoms with van der Waals surface area (Å²) in [6.07, 6.45) is 2.03. The van der Waals surface area contributed by atoms with Gasteiger partial charge < -0.3 is 0 Å². The average Bonchev–Trinajstić information content (AvgIpc) is 1.38. The van der Waals surface area contributed by atoms with E-state index in [-0.39, 0.29) is 0 Å². The Bertz CT molecular complexity index is 23.6. The molecule has 0 amide bonds. The molecule has 0 fully saturated rings. The number of thiol groups is 1. The fourth-order valence-electron chi connectivity index (χ4n) is 0. The maximum absolute atomic E-state index is 4.05. The highest BCUT2D eigenvalue weighted by Crippen LogP contribution is 2.11. The summed E-state index contributed by atoms with van der Waals surface area (Å²) < 4.78 is 0.465. The van der Waals surface area contributed by atoms with Crippen molar-refractivity contribution in [1.82, 2.24) is 0 Å². The number of halogens is 1. The molecule has 0 rings (SSSR count). The molecule has 0 nitrogen and oxygen atoms in total. The van der Waals surface area contributed by atoms with Gasteiger partial charge in [-0.1, -0.05) is 0 Å². The third-order valence-electron chi connectivity index (χ3n) is 0.194. The first-order valence-corrected chi connectivity index (χ1v) is 4.17. The molecular formula is CH4BIS2. The lowest BCUT2D eigenvalue weighted by molar-refractivity contribution is 2.54. The topological polar surface area (TPSA) is 0 Å². The van der Waals surface area contributed by atoms with Gasteiger partial charge in [-0.15, -0.1) is 22.4 Å². The zero-order chi connectivity index (χ0) is 4.28.